The Hall–Kier alpha value is -2.94. The topological polar surface area (TPSA) is 71.4 Å². The van der Waals surface area contributed by atoms with Crippen molar-refractivity contribution in [3.05, 3.63) is 77.6 Å². The van der Waals surface area contributed by atoms with E-state index in [1.165, 1.54) is 11.8 Å². The number of ketones is 1. The van der Waals surface area contributed by atoms with Gasteiger partial charge in [0.25, 0.3) is 5.91 Å². The fraction of sp³-hybridized carbons (Fsp3) is 0.400. The van der Waals surface area contributed by atoms with Crippen molar-refractivity contribution >= 4 is 34.2 Å². The zero-order valence-corrected chi connectivity index (χ0v) is 22.5. The molecule has 3 fully saturated rings. The Kier molecular flexibility index (Phi) is 8.02. The zero-order valence-electron chi connectivity index (χ0n) is 21.7. The van der Waals surface area contributed by atoms with Crippen molar-refractivity contribution in [1.29, 1.82) is 0 Å². The van der Waals surface area contributed by atoms with Crippen LogP contribution in [0.1, 0.15) is 35.4 Å². The summed E-state index contributed by atoms with van der Waals surface area (Å²) in [4.78, 5) is 35.5. The van der Waals surface area contributed by atoms with Crippen LogP contribution in [0.2, 0.25) is 0 Å². The van der Waals surface area contributed by atoms with Gasteiger partial charge in [0.15, 0.2) is 5.17 Å². The number of ether oxygens (including phenoxy) is 2. The highest BCUT2D eigenvalue weighted by atomic mass is 32.2. The molecule has 3 unspecified atom stereocenters. The van der Waals surface area contributed by atoms with Gasteiger partial charge in [0.1, 0.15) is 11.5 Å². The van der Waals surface area contributed by atoms with Crippen LogP contribution in [-0.4, -0.2) is 79.7 Å². The molecule has 1 amide bonds. The molecule has 0 N–H and O–H groups in total. The third kappa shape index (κ3) is 5.17. The van der Waals surface area contributed by atoms with Gasteiger partial charge in [-0.1, -0.05) is 43.8 Å². The van der Waals surface area contributed by atoms with Crippen LogP contribution in [-0.2, 0) is 14.3 Å². The summed E-state index contributed by atoms with van der Waals surface area (Å²) in [5.74, 6) is 1.29. The predicted octanol–water partition coefficient (Wildman–Crippen LogP) is 4.12. The molecule has 0 spiro atoms. The molecule has 3 atom stereocenters. The fourth-order valence-electron chi connectivity index (χ4n) is 5.89. The molecule has 4 aliphatic rings. The molecule has 2 aromatic carbocycles. The summed E-state index contributed by atoms with van der Waals surface area (Å²) in [5.41, 5.74) is 3.93. The number of hydrogen-bond acceptors (Lipinski definition) is 7. The Morgan fingerprint density at radius 2 is 1.76 bits per heavy atom. The minimum atomic E-state index is -0.202. The smallest absolute Gasteiger partial charge is 0.286 e. The first kappa shape index (κ1) is 26.7. The average Bonchev–Trinajstić information content (AvgIpc) is 3.33. The maximum absolute atomic E-state index is 13.3. The maximum atomic E-state index is 13.3. The Labute approximate surface area is 228 Å². The number of amidine groups is 1. The summed E-state index contributed by atoms with van der Waals surface area (Å²) in [6, 6.07) is 16.3. The molecule has 3 saturated heterocycles. The number of methoxy groups -OCH3 is 1. The van der Waals surface area contributed by atoms with E-state index in [1.807, 2.05) is 42.5 Å². The average molecular weight is 532 g/mol. The lowest BCUT2D eigenvalue weighted by Gasteiger charge is -2.41. The molecule has 2 radical (unpaired) electrons. The summed E-state index contributed by atoms with van der Waals surface area (Å²) in [7, 11) is 1.70. The summed E-state index contributed by atoms with van der Waals surface area (Å²) >= 11 is 1.45. The highest BCUT2D eigenvalue weighted by Gasteiger charge is 2.37. The van der Waals surface area contributed by atoms with Gasteiger partial charge in [-0.25, -0.2) is 0 Å². The van der Waals surface area contributed by atoms with E-state index in [4.69, 9.17) is 9.47 Å². The molecule has 7 nitrogen and oxygen atoms in total. The zero-order chi connectivity index (χ0) is 25.4. The van der Waals surface area contributed by atoms with Gasteiger partial charge >= 0.3 is 0 Å². The molecular weight excluding hydrogens is 498 g/mol. The number of carbonyl (C=O) groups excluding carboxylic acids is 2. The highest BCUT2D eigenvalue weighted by Crippen LogP contribution is 2.43. The van der Waals surface area contributed by atoms with Gasteiger partial charge in [-0.15, -0.1) is 0 Å². The minimum absolute atomic E-state index is 0. The summed E-state index contributed by atoms with van der Waals surface area (Å²) in [6.07, 6.45) is 1.49. The van der Waals surface area contributed by atoms with Gasteiger partial charge in [0, 0.05) is 56.6 Å². The number of amides is 1. The van der Waals surface area contributed by atoms with Crippen LogP contribution in [0.5, 0.6) is 5.75 Å². The maximum Gasteiger partial charge on any atom is 0.286 e. The van der Waals surface area contributed by atoms with E-state index in [-0.39, 0.29) is 25.2 Å². The first-order valence-electron chi connectivity index (χ1n) is 13.0. The number of carbonyl (C=O) groups is 2. The quantitative estimate of drug-likeness (QED) is 0.550. The van der Waals surface area contributed by atoms with Crippen molar-refractivity contribution < 1.29 is 19.1 Å². The van der Waals surface area contributed by atoms with Crippen LogP contribution in [0.4, 0.5) is 0 Å². The molecule has 8 heteroatoms. The normalized spacial score (nSPS) is 26.5. The first-order valence-corrected chi connectivity index (χ1v) is 13.8. The monoisotopic (exact) mass is 531 g/mol. The number of fused-ring (bicyclic) bond motifs is 2. The Balaban J connectivity index is 0.00000294. The van der Waals surface area contributed by atoms with Crippen LogP contribution in [0.25, 0.3) is 5.57 Å². The van der Waals surface area contributed by atoms with Crippen LogP contribution < -0.4 is 4.74 Å². The van der Waals surface area contributed by atoms with E-state index in [0.29, 0.717) is 30.3 Å². The molecule has 0 aromatic heterocycles. The molecule has 38 heavy (non-hydrogen) atoms. The Bertz CT molecular complexity index is 1270. The molecular formula is C30H33N3O4S. The molecule has 198 valence electrons. The number of rotatable bonds is 4. The summed E-state index contributed by atoms with van der Waals surface area (Å²) < 4.78 is 11.3. The lowest BCUT2D eigenvalue weighted by molar-refractivity contribution is -0.128. The van der Waals surface area contributed by atoms with Crippen molar-refractivity contribution in [2.75, 3.05) is 53.0 Å². The van der Waals surface area contributed by atoms with E-state index in [0.717, 1.165) is 72.3 Å². The van der Waals surface area contributed by atoms with Crippen LogP contribution >= 0.6 is 11.8 Å². The van der Waals surface area contributed by atoms with Gasteiger partial charge in [0.2, 0.25) is 0 Å². The third-order valence-corrected chi connectivity index (χ3v) is 8.89. The predicted molar refractivity (Wildman–Crippen MR) is 150 cm³/mol. The number of nitrogens with zero attached hydrogens (tertiary/aromatic N) is 3. The second kappa shape index (κ2) is 11.4. The van der Waals surface area contributed by atoms with E-state index in [9.17, 15) is 9.59 Å². The van der Waals surface area contributed by atoms with E-state index in [1.54, 1.807) is 7.11 Å². The SMILES string of the molecule is COc1ccc(C(=C2SC(N3CCOCC3)=NC2=O)c2ccccc2)cc1C1CC2CN(CCC2=O)C1.[CH2]. The van der Waals surface area contributed by atoms with Crippen molar-refractivity contribution in [3.8, 4) is 5.75 Å². The Morgan fingerprint density at radius 1 is 1.00 bits per heavy atom. The van der Waals surface area contributed by atoms with E-state index in [2.05, 4.69) is 20.9 Å². The van der Waals surface area contributed by atoms with Gasteiger partial charge in [-0.3, -0.25) is 9.59 Å². The van der Waals surface area contributed by atoms with Crippen LogP contribution in [0.3, 0.4) is 0 Å². The minimum Gasteiger partial charge on any atom is -0.496 e. The van der Waals surface area contributed by atoms with Gasteiger partial charge in [0.05, 0.1) is 25.2 Å². The standard InChI is InChI=1S/C29H31N3O4S.CH2/c1-35-25-8-7-20(16-23(25)21-15-22-18-31(17-21)10-9-24(22)33)26(19-5-3-2-4-6-19)27-28(34)30-29(37-27)32-11-13-36-14-12-32;/h2-8,16,21-22H,9-15,17-18H2,1H3;1H2. The summed E-state index contributed by atoms with van der Waals surface area (Å²) in [6.45, 7) is 5.36. The van der Waals surface area contributed by atoms with Gasteiger partial charge < -0.3 is 19.3 Å². The molecule has 2 bridgehead atoms. The molecule has 4 aliphatic heterocycles. The number of benzene rings is 2. The van der Waals surface area contributed by atoms with Crippen molar-refractivity contribution in [2.45, 2.75) is 18.8 Å². The molecule has 6 rings (SSSR count). The van der Waals surface area contributed by atoms with Crippen molar-refractivity contribution in [3.63, 3.8) is 0 Å². The lowest BCUT2D eigenvalue weighted by Crippen LogP contribution is -2.47. The Morgan fingerprint density at radius 3 is 2.53 bits per heavy atom. The fourth-order valence-corrected chi connectivity index (χ4v) is 6.98. The molecule has 0 aliphatic carbocycles. The van der Waals surface area contributed by atoms with E-state index >= 15 is 0 Å². The molecule has 4 heterocycles. The third-order valence-electron chi connectivity index (χ3n) is 7.77. The number of hydrogen-bond donors (Lipinski definition) is 0. The second-order valence-electron chi connectivity index (χ2n) is 10.0. The summed E-state index contributed by atoms with van der Waals surface area (Å²) in [5, 5.41) is 0.747. The number of morpholine rings is 1. The molecule has 0 saturated carbocycles. The largest absolute Gasteiger partial charge is 0.496 e. The number of Topliss-reactive ketones (excluding diaryl/α,β-unsaturated/α-hetero) is 1. The highest BCUT2D eigenvalue weighted by molar-refractivity contribution is 8.18. The van der Waals surface area contributed by atoms with Gasteiger partial charge in [-0.2, -0.15) is 4.99 Å². The number of thioether (sulfide) groups is 1. The van der Waals surface area contributed by atoms with Crippen molar-refractivity contribution in [2.24, 2.45) is 10.9 Å². The number of piperidine rings is 2. The van der Waals surface area contributed by atoms with Crippen molar-refractivity contribution in [1.82, 2.24) is 9.80 Å². The number of aliphatic imine (C=N–C) groups is 1. The molecule has 2 aromatic rings. The van der Waals surface area contributed by atoms with Gasteiger partial charge in [-0.05, 0) is 47.0 Å². The lowest BCUT2D eigenvalue weighted by atomic mass is 9.78. The first-order chi connectivity index (χ1) is 18.1. The van der Waals surface area contributed by atoms with Crippen LogP contribution in [0.15, 0.2) is 58.4 Å². The second-order valence-corrected chi connectivity index (χ2v) is 11.0. The van der Waals surface area contributed by atoms with E-state index < -0.39 is 0 Å². The van der Waals surface area contributed by atoms with Crippen LogP contribution in [0, 0.1) is 13.3 Å².